The molecule has 1 aliphatic heterocycles. The number of carbonyl (C=O) groups excluding carboxylic acids is 1. The van der Waals surface area contributed by atoms with Crippen LogP contribution < -0.4 is 0 Å². The molecule has 0 unspecified atom stereocenters. The molecule has 6 heteroatoms. The molecule has 1 aromatic heterocycles. The first-order valence-electron chi connectivity index (χ1n) is 7.82. The second-order valence-electron chi connectivity index (χ2n) is 5.19. The van der Waals surface area contributed by atoms with Crippen molar-refractivity contribution in [1.82, 2.24) is 4.90 Å². The second-order valence-corrected chi connectivity index (χ2v) is 6.20. The molecule has 0 spiro atoms. The molecule has 25 heavy (non-hydrogen) atoms. The van der Waals surface area contributed by atoms with Gasteiger partial charge in [-0.3, -0.25) is 9.69 Å². The third-order valence-corrected chi connectivity index (χ3v) is 4.46. The molecule has 0 radical (unpaired) electrons. The van der Waals surface area contributed by atoms with E-state index in [4.69, 9.17) is 9.15 Å². The van der Waals surface area contributed by atoms with Gasteiger partial charge in [-0.25, -0.2) is 4.99 Å². The van der Waals surface area contributed by atoms with Gasteiger partial charge < -0.3 is 9.15 Å². The molecule has 1 aromatic carbocycles. The summed E-state index contributed by atoms with van der Waals surface area (Å²) in [6.07, 6.45) is 7.01. The Hall–Kier alpha value is -2.57. The van der Waals surface area contributed by atoms with Crippen LogP contribution in [0.25, 0.3) is 6.08 Å². The molecule has 128 valence electrons. The van der Waals surface area contributed by atoms with E-state index in [1.807, 2.05) is 48.5 Å². The Kier molecular flexibility index (Phi) is 5.87. The van der Waals surface area contributed by atoms with E-state index in [0.717, 1.165) is 11.4 Å². The Morgan fingerprint density at radius 3 is 2.80 bits per heavy atom. The van der Waals surface area contributed by atoms with E-state index in [2.05, 4.69) is 4.99 Å². The predicted octanol–water partition coefficient (Wildman–Crippen LogP) is 4.09. The Balaban J connectivity index is 1.82. The quantitative estimate of drug-likeness (QED) is 0.733. The minimum Gasteiger partial charge on any atom is -0.465 e. The van der Waals surface area contributed by atoms with Crippen LogP contribution in [0.4, 0.5) is 5.69 Å². The Bertz CT molecular complexity index is 795. The van der Waals surface area contributed by atoms with Crippen molar-refractivity contribution in [3.05, 3.63) is 71.5 Å². The number of hydrogen-bond donors (Lipinski definition) is 0. The van der Waals surface area contributed by atoms with Crippen molar-refractivity contribution in [3.63, 3.8) is 0 Å². The number of amidine groups is 1. The van der Waals surface area contributed by atoms with Crippen LogP contribution in [-0.2, 0) is 9.53 Å². The number of ether oxygens (including phenoxy) is 1. The molecule has 1 fully saturated rings. The molecule has 3 rings (SSSR count). The summed E-state index contributed by atoms with van der Waals surface area (Å²) in [6, 6.07) is 13.3. The van der Waals surface area contributed by atoms with E-state index in [1.165, 1.54) is 11.8 Å². The first-order chi connectivity index (χ1) is 12.3. The van der Waals surface area contributed by atoms with E-state index in [-0.39, 0.29) is 5.91 Å². The lowest BCUT2D eigenvalue weighted by atomic mass is 10.3. The number of nitrogens with zero attached hydrogens (tertiary/aromatic N) is 2. The average molecular weight is 354 g/mol. The van der Waals surface area contributed by atoms with E-state index < -0.39 is 0 Å². The molecule has 1 amide bonds. The van der Waals surface area contributed by atoms with Crippen molar-refractivity contribution in [2.45, 2.75) is 0 Å². The molecule has 5 nitrogen and oxygen atoms in total. The Labute approximate surface area is 150 Å². The highest BCUT2D eigenvalue weighted by Gasteiger charge is 2.32. The number of hydrogen-bond acceptors (Lipinski definition) is 5. The fourth-order valence-corrected chi connectivity index (χ4v) is 3.19. The molecular weight excluding hydrogens is 336 g/mol. The molecule has 0 saturated carbocycles. The van der Waals surface area contributed by atoms with Gasteiger partial charge in [0, 0.05) is 7.11 Å². The summed E-state index contributed by atoms with van der Waals surface area (Å²) in [5.74, 6) is 0.669. The van der Waals surface area contributed by atoms with Gasteiger partial charge in [0.05, 0.1) is 30.0 Å². The van der Waals surface area contributed by atoms with Crippen molar-refractivity contribution in [1.29, 1.82) is 0 Å². The first-order valence-corrected chi connectivity index (χ1v) is 8.64. The normalized spacial score (nSPS) is 18.1. The predicted molar refractivity (Wildman–Crippen MR) is 101 cm³/mol. The van der Waals surface area contributed by atoms with Crippen LogP contribution in [0.15, 0.2) is 75.2 Å². The highest BCUT2D eigenvalue weighted by Crippen LogP contribution is 2.32. The monoisotopic (exact) mass is 354 g/mol. The molecule has 2 heterocycles. The summed E-state index contributed by atoms with van der Waals surface area (Å²) >= 11 is 1.36. The summed E-state index contributed by atoms with van der Waals surface area (Å²) in [5, 5.41) is 0.658. The summed E-state index contributed by atoms with van der Waals surface area (Å²) < 4.78 is 10.4. The van der Waals surface area contributed by atoms with Gasteiger partial charge in [-0.05, 0) is 48.2 Å². The molecule has 0 atom stereocenters. The average Bonchev–Trinajstić information content (AvgIpc) is 3.24. The zero-order valence-electron chi connectivity index (χ0n) is 13.8. The van der Waals surface area contributed by atoms with Crippen LogP contribution >= 0.6 is 11.8 Å². The summed E-state index contributed by atoms with van der Waals surface area (Å²) in [4.78, 5) is 19.5. The number of aliphatic imine (C=N–C) groups is 1. The van der Waals surface area contributed by atoms with Gasteiger partial charge >= 0.3 is 0 Å². The van der Waals surface area contributed by atoms with Gasteiger partial charge in [0.1, 0.15) is 5.76 Å². The van der Waals surface area contributed by atoms with Crippen LogP contribution in [0, 0.1) is 0 Å². The zero-order valence-corrected chi connectivity index (χ0v) is 14.6. The maximum atomic E-state index is 12.6. The zero-order chi connectivity index (χ0) is 17.5. The maximum absolute atomic E-state index is 12.6. The first kappa shape index (κ1) is 17.3. The third-order valence-electron chi connectivity index (χ3n) is 3.44. The maximum Gasteiger partial charge on any atom is 0.266 e. The SMILES string of the molecule is COCCN1C(=O)C(=CC=Cc2ccco2)SC1=Nc1ccccc1. The van der Waals surface area contributed by atoms with Crippen molar-refractivity contribution in [2.75, 3.05) is 20.3 Å². The highest BCUT2D eigenvalue weighted by molar-refractivity contribution is 8.18. The van der Waals surface area contributed by atoms with Crippen molar-refractivity contribution >= 4 is 34.6 Å². The van der Waals surface area contributed by atoms with Crippen molar-refractivity contribution < 1.29 is 13.9 Å². The number of amides is 1. The van der Waals surface area contributed by atoms with Crippen LogP contribution in [0.2, 0.25) is 0 Å². The van der Waals surface area contributed by atoms with Gasteiger partial charge in [0.25, 0.3) is 5.91 Å². The smallest absolute Gasteiger partial charge is 0.266 e. The number of para-hydroxylation sites is 1. The van der Waals surface area contributed by atoms with Crippen LogP contribution in [-0.4, -0.2) is 36.2 Å². The lowest BCUT2D eigenvalue weighted by molar-refractivity contribution is -0.122. The van der Waals surface area contributed by atoms with Crippen LogP contribution in [0.1, 0.15) is 5.76 Å². The number of rotatable bonds is 6. The van der Waals surface area contributed by atoms with E-state index in [1.54, 1.807) is 30.4 Å². The third kappa shape index (κ3) is 4.49. The lowest BCUT2D eigenvalue weighted by Crippen LogP contribution is -2.32. The Morgan fingerprint density at radius 1 is 1.24 bits per heavy atom. The molecule has 1 saturated heterocycles. The number of furan rings is 1. The Morgan fingerprint density at radius 2 is 2.08 bits per heavy atom. The van der Waals surface area contributed by atoms with Gasteiger partial charge in [-0.1, -0.05) is 24.3 Å². The number of allylic oxidation sites excluding steroid dienone is 2. The molecular formula is C19H18N2O3S. The largest absolute Gasteiger partial charge is 0.465 e. The molecule has 0 bridgehead atoms. The van der Waals surface area contributed by atoms with Crippen LogP contribution in [0.5, 0.6) is 0 Å². The second kappa shape index (κ2) is 8.50. The van der Waals surface area contributed by atoms with Crippen molar-refractivity contribution in [2.24, 2.45) is 4.99 Å². The summed E-state index contributed by atoms with van der Waals surface area (Å²) in [5.41, 5.74) is 0.813. The lowest BCUT2D eigenvalue weighted by Gasteiger charge is -2.14. The number of benzene rings is 1. The van der Waals surface area contributed by atoms with E-state index >= 15 is 0 Å². The van der Waals surface area contributed by atoms with E-state index in [9.17, 15) is 4.79 Å². The van der Waals surface area contributed by atoms with Crippen LogP contribution in [0.3, 0.4) is 0 Å². The topological polar surface area (TPSA) is 55.0 Å². The fraction of sp³-hybridized carbons (Fsp3) is 0.158. The van der Waals surface area contributed by atoms with E-state index in [0.29, 0.717) is 23.2 Å². The number of methoxy groups -OCH3 is 1. The highest BCUT2D eigenvalue weighted by atomic mass is 32.2. The molecule has 0 N–H and O–H groups in total. The van der Waals surface area contributed by atoms with Gasteiger partial charge in [-0.15, -0.1) is 0 Å². The summed E-state index contributed by atoms with van der Waals surface area (Å²) in [7, 11) is 1.62. The molecule has 1 aliphatic rings. The van der Waals surface area contributed by atoms with Gasteiger partial charge in [0.15, 0.2) is 5.17 Å². The standard InChI is InChI=1S/C19H18N2O3S/c1-23-14-12-21-18(22)17(11-5-9-16-10-6-13-24-16)25-19(21)20-15-7-3-2-4-8-15/h2-11,13H,12,14H2,1H3. The summed E-state index contributed by atoms with van der Waals surface area (Å²) in [6.45, 7) is 0.920. The number of thioether (sulfide) groups is 1. The number of carbonyl (C=O) groups is 1. The molecule has 0 aliphatic carbocycles. The van der Waals surface area contributed by atoms with Gasteiger partial charge in [0.2, 0.25) is 0 Å². The van der Waals surface area contributed by atoms with Gasteiger partial charge in [-0.2, -0.15) is 0 Å². The molecule has 2 aromatic rings. The minimum absolute atomic E-state index is 0.0687. The minimum atomic E-state index is -0.0687. The fourth-order valence-electron chi connectivity index (χ4n) is 2.21. The van der Waals surface area contributed by atoms with Crippen molar-refractivity contribution in [3.8, 4) is 0 Å².